The van der Waals surface area contributed by atoms with Crippen molar-refractivity contribution in [2.45, 2.75) is 13.0 Å². The number of methoxy groups -OCH3 is 1. The molecule has 0 radical (unpaired) electrons. The van der Waals surface area contributed by atoms with Crippen LogP contribution >= 0.6 is 11.6 Å². The minimum Gasteiger partial charge on any atom is -0.507 e. The number of ether oxygens (including phenoxy) is 2. The second-order valence-electron chi connectivity index (χ2n) is 8.79. The van der Waals surface area contributed by atoms with Gasteiger partial charge in [0.15, 0.2) is 0 Å². The fraction of sp³-hybridized carbons (Fsp3) is 0.0968. The number of carbonyl (C=O) groups is 2. The van der Waals surface area contributed by atoms with Crippen molar-refractivity contribution in [3.05, 3.63) is 124 Å². The summed E-state index contributed by atoms with van der Waals surface area (Å²) in [4.78, 5) is 28.4. The summed E-state index contributed by atoms with van der Waals surface area (Å²) in [6.45, 7) is 1.86. The Balaban J connectivity index is 1.68. The monoisotopic (exact) mass is 525 g/mol. The molecule has 1 unspecified atom stereocenters. The van der Waals surface area contributed by atoms with Gasteiger partial charge in [0.05, 0.1) is 23.7 Å². The lowest BCUT2D eigenvalue weighted by Crippen LogP contribution is -2.30. The number of amides is 1. The zero-order chi connectivity index (χ0) is 26.8. The van der Waals surface area contributed by atoms with Gasteiger partial charge in [-0.3, -0.25) is 14.5 Å². The normalized spacial score (nSPS) is 16.5. The number of para-hydroxylation sites is 2. The number of aryl methyl sites for hydroxylation is 1. The molecule has 1 aliphatic heterocycles. The number of hydrogen-bond donors (Lipinski definition) is 1. The van der Waals surface area contributed by atoms with E-state index in [0.29, 0.717) is 34.1 Å². The highest BCUT2D eigenvalue weighted by Gasteiger charge is 2.47. The molecule has 190 valence electrons. The van der Waals surface area contributed by atoms with Gasteiger partial charge in [0.1, 0.15) is 23.0 Å². The smallest absolute Gasteiger partial charge is 0.300 e. The van der Waals surface area contributed by atoms with Crippen molar-refractivity contribution in [1.82, 2.24) is 0 Å². The first-order valence-corrected chi connectivity index (χ1v) is 12.3. The number of carbonyl (C=O) groups excluding carboxylic acids is 2. The van der Waals surface area contributed by atoms with Crippen molar-refractivity contribution >= 4 is 34.7 Å². The van der Waals surface area contributed by atoms with Crippen LogP contribution in [0.1, 0.15) is 22.7 Å². The van der Waals surface area contributed by atoms with Crippen LogP contribution in [0.25, 0.3) is 5.76 Å². The number of aliphatic hydroxyl groups is 1. The second-order valence-corrected chi connectivity index (χ2v) is 9.20. The maximum absolute atomic E-state index is 13.5. The molecule has 0 bridgehead atoms. The van der Waals surface area contributed by atoms with Gasteiger partial charge in [0, 0.05) is 11.3 Å². The highest BCUT2D eigenvalue weighted by molar-refractivity contribution is 6.51. The first-order chi connectivity index (χ1) is 18.4. The number of aliphatic hydroxyl groups excluding tert-OH is 1. The Kier molecular flexibility index (Phi) is 6.90. The van der Waals surface area contributed by atoms with Crippen LogP contribution in [0, 0.1) is 6.92 Å². The lowest BCUT2D eigenvalue weighted by Gasteiger charge is -2.27. The highest BCUT2D eigenvalue weighted by Crippen LogP contribution is 2.44. The molecular weight excluding hydrogens is 502 g/mol. The molecular formula is C31H24ClNO5. The Morgan fingerprint density at radius 2 is 1.58 bits per heavy atom. The number of rotatable bonds is 6. The zero-order valence-corrected chi connectivity index (χ0v) is 21.5. The number of halogens is 1. The van der Waals surface area contributed by atoms with Crippen molar-refractivity contribution in [3.8, 4) is 17.2 Å². The molecule has 1 heterocycles. The molecule has 7 heteroatoms. The third-order valence-corrected chi connectivity index (χ3v) is 6.69. The molecule has 1 atom stereocenters. The van der Waals surface area contributed by atoms with E-state index in [1.807, 2.05) is 49.4 Å². The summed E-state index contributed by atoms with van der Waals surface area (Å²) in [5.41, 5.74) is 2.23. The van der Waals surface area contributed by atoms with Crippen molar-refractivity contribution in [1.29, 1.82) is 0 Å². The Hall–Kier alpha value is -4.55. The average molecular weight is 526 g/mol. The van der Waals surface area contributed by atoms with E-state index < -0.39 is 17.7 Å². The van der Waals surface area contributed by atoms with Crippen molar-refractivity contribution < 1.29 is 24.2 Å². The topological polar surface area (TPSA) is 76.1 Å². The van der Waals surface area contributed by atoms with Gasteiger partial charge in [0.2, 0.25) is 0 Å². The Bertz CT molecular complexity index is 1560. The van der Waals surface area contributed by atoms with Crippen molar-refractivity contribution in [2.75, 3.05) is 12.0 Å². The van der Waals surface area contributed by atoms with Gasteiger partial charge in [0.25, 0.3) is 11.7 Å². The molecule has 6 nitrogen and oxygen atoms in total. The fourth-order valence-electron chi connectivity index (χ4n) is 4.57. The van der Waals surface area contributed by atoms with Gasteiger partial charge in [-0.1, -0.05) is 60.1 Å². The summed E-state index contributed by atoms with van der Waals surface area (Å²) < 4.78 is 11.2. The summed E-state index contributed by atoms with van der Waals surface area (Å²) in [6.07, 6.45) is 0. The van der Waals surface area contributed by atoms with E-state index in [1.165, 1.54) is 18.1 Å². The second kappa shape index (κ2) is 10.4. The maximum Gasteiger partial charge on any atom is 0.300 e. The van der Waals surface area contributed by atoms with Crippen molar-refractivity contribution in [2.24, 2.45) is 0 Å². The van der Waals surface area contributed by atoms with E-state index in [9.17, 15) is 14.7 Å². The Morgan fingerprint density at radius 1 is 0.868 bits per heavy atom. The number of hydrogen-bond acceptors (Lipinski definition) is 5. The molecule has 1 N–H and O–H groups in total. The first-order valence-electron chi connectivity index (χ1n) is 11.9. The lowest BCUT2D eigenvalue weighted by molar-refractivity contribution is -0.132. The summed E-state index contributed by atoms with van der Waals surface area (Å²) in [7, 11) is 1.49. The summed E-state index contributed by atoms with van der Waals surface area (Å²) in [5.74, 6) is -0.270. The van der Waals surface area contributed by atoms with Gasteiger partial charge < -0.3 is 14.6 Å². The van der Waals surface area contributed by atoms with Crippen molar-refractivity contribution in [3.63, 3.8) is 0 Å². The van der Waals surface area contributed by atoms with E-state index >= 15 is 0 Å². The molecule has 0 aliphatic carbocycles. The van der Waals surface area contributed by atoms with E-state index in [-0.39, 0.29) is 16.4 Å². The molecule has 4 aromatic carbocycles. The quantitative estimate of drug-likeness (QED) is 0.165. The van der Waals surface area contributed by atoms with E-state index in [0.717, 1.165) is 5.56 Å². The van der Waals surface area contributed by atoms with Crippen LogP contribution in [0.15, 0.2) is 103 Å². The van der Waals surface area contributed by atoms with E-state index in [4.69, 9.17) is 21.1 Å². The summed E-state index contributed by atoms with van der Waals surface area (Å²) in [5, 5.41) is 11.7. The van der Waals surface area contributed by atoms with Gasteiger partial charge in [-0.2, -0.15) is 0 Å². The third kappa shape index (κ3) is 4.62. The first kappa shape index (κ1) is 25.1. The van der Waals surface area contributed by atoms with Crippen LogP contribution in [-0.2, 0) is 9.59 Å². The van der Waals surface area contributed by atoms with E-state index in [2.05, 4.69) is 0 Å². The minimum atomic E-state index is -0.906. The molecule has 0 aromatic heterocycles. The number of Topliss-reactive ketones (excluding diaryl/α,β-unsaturated/α-hetero) is 1. The van der Waals surface area contributed by atoms with Crippen LogP contribution in [0.4, 0.5) is 5.69 Å². The molecule has 1 aliphatic rings. The SMILES string of the molecule is COc1ccc(/C(O)=C2\C(=O)C(=O)N(c3ccccc3C)C2c2cccc(Oc3ccccc3)c2)cc1Cl. The highest BCUT2D eigenvalue weighted by atomic mass is 35.5. The Morgan fingerprint density at radius 3 is 2.29 bits per heavy atom. The van der Waals surface area contributed by atoms with Gasteiger partial charge >= 0.3 is 0 Å². The number of benzene rings is 4. The van der Waals surface area contributed by atoms with Crippen LogP contribution < -0.4 is 14.4 Å². The summed E-state index contributed by atoms with van der Waals surface area (Å²) in [6, 6.07) is 27.5. The van der Waals surface area contributed by atoms with Crippen LogP contribution in [0.5, 0.6) is 17.2 Å². The maximum atomic E-state index is 13.5. The Labute approximate surface area is 225 Å². The van der Waals surface area contributed by atoms with Crippen LogP contribution in [-0.4, -0.2) is 23.9 Å². The summed E-state index contributed by atoms with van der Waals surface area (Å²) >= 11 is 6.30. The molecule has 0 spiro atoms. The van der Waals surface area contributed by atoms with Crippen LogP contribution in [0.3, 0.4) is 0 Å². The molecule has 1 fully saturated rings. The molecule has 1 amide bonds. The largest absolute Gasteiger partial charge is 0.507 e. The van der Waals surface area contributed by atoms with Gasteiger partial charge in [-0.25, -0.2) is 0 Å². The number of anilines is 1. The number of nitrogens with zero attached hydrogens (tertiary/aromatic N) is 1. The zero-order valence-electron chi connectivity index (χ0n) is 20.7. The predicted molar refractivity (Wildman–Crippen MR) is 147 cm³/mol. The van der Waals surface area contributed by atoms with Gasteiger partial charge in [-0.05, 0) is 66.6 Å². The molecule has 0 saturated carbocycles. The fourth-order valence-corrected chi connectivity index (χ4v) is 4.83. The van der Waals surface area contributed by atoms with Gasteiger partial charge in [-0.15, -0.1) is 0 Å². The third-order valence-electron chi connectivity index (χ3n) is 6.40. The standard InChI is InChI=1S/C31H24ClNO5/c1-19-9-6-7-14-25(19)33-28(20-10-8-13-23(17-20)38-22-11-4-3-5-12-22)27(30(35)31(33)36)29(34)21-15-16-26(37-2)24(32)18-21/h3-18,28,34H,1-2H3/b29-27+. The molecule has 1 saturated heterocycles. The predicted octanol–water partition coefficient (Wildman–Crippen LogP) is 7.08. The molecule has 5 rings (SSSR count). The molecule has 4 aromatic rings. The average Bonchev–Trinajstić information content (AvgIpc) is 3.19. The minimum absolute atomic E-state index is 0.0450. The van der Waals surface area contributed by atoms with E-state index in [1.54, 1.807) is 48.5 Å². The number of ketones is 1. The van der Waals surface area contributed by atoms with Crippen LogP contribution in [0.2, 0.25) is 5.02 Å². The molecule has 38 heavy (non-hydrogen) atoms. The lowest BCUT2D eigenvalue weighted by atomic mass is 9.94.